The van der Waals surface area contributed by atoms with E-state index in [1.54, 1.807) is 0 Å². The molecule has 0 aliphatic carbocycles. The maximum Gasteiger partial charge on any atom is 0.246 e. The number of likely N-dealkylation sites (tertiary alicyclic amines) is 1. The number of ether oxygens (including phenoxy) is 1. The lowest BCUT2D eigenvalue weighted by Gasteiger charge is -2.42. The Morgan fingerprint density at radius 2 is 1.83 bits per heavy atom. The number of nitrogens with zero attached hydrogens (tertiary/aromatic N) is 5. The number of rotatable bonds is 5. The molecule has 1 amide bonds. The van der Waals surface area contributed by atoms with Crippen LogP contribution in [0.4, 0.5) is 5.82 Å². The van der Waals surface area contributed by atoms with E-state index in [-0.39, 0.29) is 17.4 Å². The summed E-state index contributed by atoms with van der Waals surface area (Å²) in [6, 6.07) is 17.3. The SMILES string of the molecule is C=CC(=O)N1CC(n2nc(-c3ccc(Oc4ccccc4)cc3)c3c(N)ncnc32)CC(C)(C)C1. The van der Waals surface area contributed by atoms with Gasteiger partial charge in [0.15, 0.2) is 5.65 Å². The first-order valence-electron chi connectivity index (χ1n) is 11.6. The summed E-state index contributed by atoms with van der Waals surface area (Å²) in [5.74, 6) is 1.78. The monoisotopic (exact) mass is 468 g/mol. The zero-order chi connectivity index (χ0) is 24.6. The molecule has 2 aromatic carbocycles. The van der Waals surface area contributed by atoms with Gasteiger partial charge in [0.1, 0.15) is 29.3 Å². The summed E-state index contributed by atoms with van der Waals surface area (Å²) in [5.41, 5.74) is 8.47. The fraction of sp³-hybridized carbons (Fsp3) is 0.259. The van der Waals surface area contributed by atoms with Crippen LogP contribution in [0.1, 0.15) is 26.3 Å². The summed E-state index contributed by atoms with van der Waals surface area (Å²) in [7, 11) is 0. The van der Waals surface area contributed by atoms with Crippen LogP contribution in [0, 0.1) is 5.41 Å². The predicted octanol–water partition coefficient (Wildman–Crippen LogP) is 4.85. The van der Waals surface area contributed by atoms with E-state index in [1.165, 1.54) is 12.4 Å². The highest BCUT2D eigenvalue weighted by molar-refractivity contribution is 5.98. The molecule has 35 heavy (non-hydrogen) atoms. The Morgan fingerprint density at radius 3 is 2.54 bits per heavy atom. The van der Waals surface area contributed by atoms with Crippen molar-refractivity contribution in [1.29, 1.82) is 0 Å². The number of piperidine rings is 1. The molecule has 1 atom stereocenters. The number of carbonyl (C=O) groups is 1. The summed E-state index contributed by atoms with van der Waals surface area (Å²) in [6.45, 7) is 9.17. The molecule has 1 saturated heterocycles. The van der Waals surface area contributed by atoms with E-state index in [9.17, 15) is 4.79 Å². The molecule has 2 N–H and O–H groups in total. The van der Waals surface area contributed by atoms with Crippen LogP contribution < -0.4 is 10.5 Å². The summed E-state index contributed by atoms with van der Waals surface area (Å²) in [5, 5.41) is 5.68. The zero-order valence-corrected chi connectivity index (χ0v) is 19.9. The van der Waals surface area contributed by atoms with Crippen LogP contribution in [0.5, 0.6) is 11.5 Å². The summed E-state index contributed by atoms with van der Waals surface area (Å²) >= 11 is 0. The molecule has 8 nitrogen and oxygen atoms in total. The van der Waals surface area contributed by atoms with Crippen molar-refractivity contribution < 1.29 is 9.53 Å². The van der Waals surface area contributed by atoms with Crippen LogP contribution in [0.2, 0.25) is 0 Å². The first-order chi connectivity index (χ1) is 16.8. The summed E-state index contributed by atoms with van der Waals surface area (Å²) in [4.78, 5) is 23.0. The zero-order valence-electron chi connectivity index (χ0n) is 19.9. The van der Waals surface area contributed by atoms with Crippen molar-refractivity contribution in [2.45, 2.75) is 26.3 Å². The Kier molecular flexibility index (Phi) is 5.72. The number of nitrogens with two attached hydrogens (primary N) is 1. The molecule has 5 rings (SSSR count). The highest BCUT2D eigenvalue weighted by Gasteiger charge is 2.37. The molecular formula is C27H28N6O2. The molecule has 1 unspecified atom stereocenters. The lowest BCUT2D eigenvalue weighted by Crippen LogP contribution is -2.47. The molecule has 0 spiro atoms. The molecular weight excluding hydrogens is 440 g/mol. The second-order valence-corrected chi connectivity index (χ2v) is 9.64. The third kappa shape index (κ3) is 4.47. The molecule has 0 bridgehead atoms. The minimum absolute atomic E-state index is 0.0612. The Hall–Kier alpha value is -4.20. The fourth-order valence-electron chi connectivity index (χ4n) is 4.82. The number of benzene rings is 2. The predicted molar refractivity (Wildman–Crippen MR) is 136 cm³/mol. The Balaban J connectivity index is 1.53. The number of para-hydroxylation sites is 1. The van der Waals surface area contributed by atoms with Crippen molar-refractivity contribution in [2.75, 3.05) is 18.8 Å². The number of carbonyl (C=O) groups excluding carboxylic acids is 1. The van der Waals surface area contributed by atoms with E-state index < -0.39 is 0 Å². The lowest BCUT2D eigenvalue weighted by atomic mass is 9.81. The van der Waals surface area contributed by atoms with Gasteiger partial charge in [0.05, 0.1) is 11.4 Å². The Bertz CT molecular complexity index is 1380. The molecule has 0 radical (unpaired) electrons. The van der Waals surface area contributed by atoms with Crippen molar-refractivity contribution in [3.05, 3.63) is 73.6 Å². The minimum Gasteiger partial charge on any atom is -0.457 e. The normalized spacial score (nSPS) is 17.3. The van der Waals surface area contributed by atoms with Crippen LogP contribution >= 0.6 is 0 Å². The third-order valence-corrected chi connectivity index (χ3v) is 6.30. The van der Waals surface area contributed by atoms with Crippen molar-refractivity contribution in [3.8, 4) is 22.8 Å². The quantitative estimate of drug-likeness (QED) is 0.420. The van der Waals surface area contributed by atoms with E-state index in [0.717, 1.165) is 23.5 Å². The van der Waals surface area contributed by atoms with Gasteiger partial charge in [0, 0.05) is 18.7 Å². The van der Waals surface area contributed by atoms with Gasteiger partial charge in [-0.25, -0.2) is 14.6 Å². The van der Waals surface area contributed by atoms with Gasteiger partial charge >= 0.3 is 0 Å². The topological polar surface area (TPSA) is 99.2 Å². The van der Waals surface area contributed by atoms with Crippen molar-refractivity contribution in [2.24, 2.45) is 5.41 Å². The van der Waals surface area contributed by atoms with Crippen molar-refractivity contribution >= 4 is 22.8 Å². The molecule has 2 aromatic heterocycles. The largest absolute Gasteiger partial charge is 0.457 e. The van der Waals surface area contributed by atoms with E-state index >= 15 is 0 Å². The van der Waals surface area contributed by atoms with Crippen molar-refractivity contribution in [1.82, 2.24) is 24.6 Å². The van der Waals surface area contributed by atoms with E-state index in [4.69, 9.17) is 15.6 Å². The second kappa shape index (κ2) is 8.87. The first kappa shape index (κ1) is 22.6. The van der Waals surface area contributed by atoms with Crippen LogP contribution in [0.25, 0.3) is 22.3 Å². The van der Waals surface area contributed by atoms with Gasteiger partial charge in [-0.2, -0.15) is 5.10 Å². The lowest BCUT2D eigenvalue weighted by molar-refractivity contribution is -0.130. The molecule has 1 aliphatic heterocycles. The number of fused-ring (bicyclic) bond motifs is 1. The molecule has 178 valence electrons. The molecule has 8 heteroatoms. The number of amides is 1. The average Bonchev–Trinajstić information content (AvgIpc) is 3.25. The van der Waals surface area contributed by atoms with Gasteiger partial charge in [-0.3, -0.25) is 4.79 Å². The fourth-order valence-corrected chi connectivity index (χ4v) is 4.82. The van der Waals surface area contributed by atoms with E-state index in [1.807, 2.05) is 64.2 Å². The average molecular weight is 469 g/mol. The number of hydrogen-bond donors (Lipinski definition) is 1. The van der Waals surface area contributed by atoms with Crippen LogP contribution in [-0.4, -0.2) is 43.6 Å². The van der Waals surface area contributed by atoms with Crippen LogP contribution in [-0.2, 0) is 4.79 Å². The number of nitrogen functional groups attached to an aromatic ring is 1. The van der Waals surface area contributed by atoms with Gasteiger partial charge < -0.3 is 15.4 Å². The molecule has 3 heterocycles. The maximum atomic E-state index is 12.5. The molecule has 4 aromatic rings. The van der Waals surface area contributed by atoms with Crippen LogP contribution in [0.3, 0.4) is 0 Å². The molecule has 1 aliphatic rings. The minimum atomic E-state index is -0.0883. The van der Waals surface area contributed by atoms with E-state index in [0.29, 0.717) is 35.6 Å². The number of anilines is 1. The van der Waals surface area contributed by atoms with Crippen molar-refractivity contribution in [3.63, 3.8) is 0 Å². The maximum absolute atomic E-state index is 12.5. The van der Waals surface area contributed by atoms with Gasteiger partial charge in [-0.1, -0.05) is 38.6 Å². The van der Waals surface area contributed by atoms with E-state index in [2.05, 4.69) is 30.4 Å². The second-order valence-electron chi connectivity index (χ2n) is 9.64. The Labute approximate surface area is 204 Å². The first-order valence-corrected chi connectivity index (χ1v) is 11.6. The van der Waals surface area contributed by atoms with Gasteiger partial charge in [0.2, 0.25) is 5.91 Å². The summed E-state index contributed by atoms with van der Waals surface area (Å²) in [6.07, 6.45) is 3.67. The Morgan fingerprint density at radius 1 is 1.11 bits per heavy atom. The third-order valence-electron chi connectivity index (χ3n) is 6.30. The highest BCUT2D eigenvalue weighted by Crippen LogP contribution is 2.39. The molecule has 0 saturated carbocycles. The van der Waals surface area contributed by atoms with Gasteiger partial charge in [-0.05, 0) is 54.3 Å². The molecule has 1 fully saturated rings. The number of aromatic nitrogens is 4. The standard InChI is InChI=1S/C27H28N6O2/c1-4-22(34)32-15-19(14-27(2,3)16-32)33-26-23(25(28)29-17-30-26)24(31-33)18-10-12-21(13-11-18)35-20-8-6-5-7-9-20/h4-13,17,19H,1,14-16H2,2-3H3,(H2,28,29,30). The van der Waals surface area contributed by atoms with Gasteiger partial charge in [-0.15, -0.1) is 0 Å². The van der Waals surface area contributed by atoms with Crippen LogP contribution in [0.15, 0.2) is 73.6 Å². The smallest absolute Gasteiger partial charge is 0.246 e. The van der Waals surface area contributed by atoms with Gasteiger partial charge in [0.25, 0.3) is 0 Å². The highest BCUT2D eigenvalue weighted by atomic mass is 16.5. The number of hydrogen-bond acceptors (Lipinski definition) is 6. The summed E-state index contributed by atoms with van der Waals surface area (Å²) < 4.78 is 7.83.